The van der Waals surface area contributed by atoms with Gasteiger partial charge >= 0.3 is 0 Å². The zero-order valence-corrected chi connectivity index (χ0v) is 10.0. The minimum atomic E-state index is -0.439. The fourth-order valence-corrected chi connectivity index (χ4v) is 2.08. The predicted octanol–water partition coefficient (Wildman–Crippen LogP) is 0.495. The minimum Gasteiger partial charge on any atom is -0.389 e. The second-order valence-electron chi connectivity index (χ2n) is 4.28. The molecule has 1 saturated heterocycles. The molecule has 0 spiro atoms. The lowest BCUT2D eigenvalue weighted by Gasteiger charge is -2.45. The third-order valence-corrected chi connectivity index (χ3v) is 3.49. The summed E-state index contributed by atoms with van der Waals surface area (Å²) in [5.74, 6) is 0. The standard InChI is InChI=1S/C11H23NO3/c1-4-11(2,10(13)9-14-3)12-5-7-15-8-6-12/h10,13H,4-9H2,1-3H3. The van der Waals surface area contributed by atoms with E-state index in [-0.39, 0.29) is 5.54 Å². The zero-order chi connectivity index (χ0) is 11.3. The molecule has 0 aromatic carbocycles. The topological polar surface area (TPSA) is 41.9 Å². The van der Waals surface area contributed by atoms with Gasteiger partial charge in [-0.15, -0.1) is 0 Å². The third-order valence-electron chi connectivity index (χ3n) is 3.49. The van der Waals surface area contributed by atoms with Gasteiger partial charge in [-0.1, -0.05) is 6.92 Å². The van der Waals surface area contributed by atoms with Crippen molar-refractivity contribution in [2.75, 3.05) is 40.0 Å². The highest BCUT2D eigenvalue weighted by Gasteiger charge is 2.37. The molecule has 0 aliphatic carbocycles. The summed E-state index contributed by atoms with van der Waals surface area (Å²) in [7, 11) is 1.62. The first-order chi connectivity index (χ1) is 7.15. The van der Waals surface area contributed by atoms with Crippen LogP contribution in [0.4, 0.5) is 0 Å². The lowest BCUT2D eigenvalue weighted by Crippen LogP contribution is -2.58. The number of hydrogen-bond donors (Lipinski definition) is 1. The molecule has 4 nitrogen and oxygen atoms in total. The van der Waals surface area contributed by atoms with E-state index in [9.17, 15) is 5.11 Å². The molecule has 4 heteroatoms. The molecule has 1 rings (SSSR count). The number of methoxy groups -OCH3 is 1. The molecule has 0 aromatic rings. The maximum atomic E-state index is 10.1. The Labute approximate surface area is 92.2 Å². The van der Waals surface area contributed by atoms with Crippen molar-refractivity contribution in [2.45, 2.75) is 31.9 Å². The zero-order valence-electron chi connectivity index (χ0n) is 10.0. The molecule has 0 bridgehead atoms. The summed E-state index contributed by atoms with van der Waals surface area (Å²) in [6.07, 6.45) is 0.475. The monoisotopic (exact) mass is 217 g/mol. The van der Waals surface area contributed by atoms with Crippen LogP contribution in [0.15, 0.2) is 0 Å². The molecular weight excluding hydrogens is 194 g/mol. The maximum absolute atomic E-state index is 10.1. The molecule has 0 radical (unpaired) electrons. The van der Waals surface area contributed by atoms with Crippen LogP contribution >= 0.6 is 0 Å². The molecule has 0 aromatic heterocycles. The number of aliphatic hydroxyl groups excluding tert-OH is 1. The van der Waals surface area contributed by atoms with Gasteiger partial charge in [0.25, 0.3) is 0 Å². The Hall–Kier alpha value is -0.160. The average molecular weight is 217 g/mol. The van der Waals surface area contributed by atoms with Crippen LogP contribution in [0.1, 0.15) is 20.3 Å². The molecule has 2 atom stereocenters. The summed E-state index contributed by atoms with van der Waals surface area (Å²) < 4.78 is 10.4. The third kappa shape index (κ3) is 2.91. The molecule has 0 saturated carbocycles. The van der Waals surface area contributed by atoms with Crippen LogP contribution in [0.3, 0.4) is 0 Å². The van der Waals surface area contributed by atoms with Gasteiger partial charge in [0.15, 0.2) is 0 Å². The fourth-order valence-electron chi connectivity index (χ4n) is 2.08. The minimum absolute atomic E-state index is 0.195. The van der Waals surface area contributed by atoms with E-state index in [0.29, 0.717) is 6.61 Å². The van der Waals surface area contributed by atoms with Crippen LogP contribution < -0.4 is 0 Å². The van der Waals surface area contributed by atoms with Crippen molar-refractivity contribution >= 4 is 0 Å². The summed E-state index contributed by atoms with van der Waals surface area (Å²) in [6.45, 7) is 7.90. The predicted molar refractivity (Wildman–Crippen MR) is 59.0 cm³/mol. The van der Waals surface area contributed by atoms with Crippen molar-refractivity contribution in [1.82, 2.24) is 4.90 Å². The molecule has 1 heterocycles. The van der Waals surface area contributed by atoms with Gasteiger partial charge in [0.1, 0.15) is 0 Å². The summed E-state index contributed by atoms with van der Waals surface area (Å²) >= 11 is 0. The molecule has 90 valence electrons. The molecule has 2 unspecified atom stereocenters. The van der Waals surface area contributed by atoms with Crippen LogP contribution in [0, 0.1) is 0 Å². The van der Waals surface area contributed by atoms with Crippen LogP contribution in [0.25, 0.3) is 0 Å². The largest absolute Gasteiger partial charge is 0.389 e. The molecule has 1 aliphatic rings. The van der Waals surface area contributed by atoms with Gasteiger partial charge in [-0.05, 0) is 13.3 Å². The number of hydrogen-bond acceptors (Lipinski definition) is 4. The van der Waals surface area contributed by atoms with Crippen molar-refractivity contribution in [3.63, 3.8) is 0 Å². The fraction of sp³-hybridized carbons (Fsp3) is 1.00. The van der Waals surface area contributed by atoms with Gasteiger partial charge in [0, 0.05) is 25.7 Å². The van der Waals surface area contributed by atoms with E-state index >= 15 is 0 Å². The van der Waals surface area contributed by atoms with E-state index in [1.54, 1.807) is 7.11 Å². The molecule has 1 fully saturated rings. The first kappa shape index (κ1) is 12.9. The van der Waals surface area contributed by atoms with Gasteiger partial charge in [-0.25, -0.2) is 0 Å². The molecule has 0 amide bonds. The smallest absolute Gasteiger partial charge is 0.0953 e. The Kier molecular flexibility index (Phi) is 4.99. The first-order valence-corrected chi connectivity index (χ1v) is 5.65. The van der Waals surface area contributed by atoms with E-state index < -0.39 is 6.10 Å². The van der Waals surface area contributed by atoms with Crippen molar-refractivity contribution in [3.05, 3.63) is 0 Å². The summed E-state index contributed by atoms with van der Waals surface area (Å²) in [5.41, 5.74) is -0.195. The van der Waals surface area contributed by atoms with Gasteiger partial charge in [-0.2, -0.15) is 0 Å². The Bertz CT molecular complexity index is 183. The number of morpholine rings is 1. The SMILES string of the molecule is CCC(C)(C(O)COC)N1CCOCC1. The number of rotatable bonds is 5. The molecule has 1 N–H and O–H groups in total. The van der Waals surface area contributed by atoms with Gasteiger partial charge in [0.05, 0.1) is 25.9 Å². The first-order valence-electron chi connectivity index (χ1n) is 5.65. The van der Waals surface area contributed by atoms with Crippen LogP contribution in [-0.2, 0) is 9.47 Å². The number of ether oxygens (including phenoxy) is 2. The molecular formula is C11H23NO3. The quantitative estimate of drug-likeness (QED) is 0.728. The summed E-state index contributed by atoms with van der Waals surface area (Å²) in [5, 5.41) is 10.1. The maximum Gasteiger partial charge on any atom is 0.0953 e. The van der Waals surface area contributed by atoms with Crippen molar-refractivity contribution in [1.29, 1.82) is 0 Å². The Morgan fingerprint density at radius 2 is 2.07 bits per heavy atom. The Morgan fingerprint density at radius 1 is 1.47 bits per heavy atom. The Balaban J connectivity index is 2.63. The molecule has 1 aliphatic heterocycles. The summed E-state index contributed by atoms with van der Waals surface area (Å²) in [6, 6.07) is 0. The highest BCUT2D eigenvalue weighted by molar-refractivity contribution is 4.92. The van der Waals surface area contributed by atoms with E-state index in [1.807, 2.05) is 0 Å². The van der Waals surface area contributed by atoms with Gasteiger partial charge in [0.2, 0.25) is 0 Å². The van der Waals surface area contributed by atoms with Crippen LogP contribution in [0.2, 0.25) is 0 Å². The average Bonchev–Trinajstić information content (AvgIpc) is 2.29. The van der Waals surface area contributed by atoms with Gasteiger partial charge in [-0.3, -0.25) is 4.90 Å². The van der Waals surface area contributed by atoms with Crippen molar-refractivity contribution in [2.24, 2.45) is 0 Å². The second-order valence-corrected chi connectivity index (χ2v) is 4.28. The van der Waals surface area contributed by atoms with E-state index in [2.05, 4.69) is 18.7 Å². The van der Waals surface area contributed by atoms with Gasteiger partial charge < -0.3 is 14.6 Å². The van der Waals surface area contributed by atoms with Crippen molar-refractivity contribution < 1.29 is 14.6 Å². The lowest BCUT2D eigenvalue weighted by atomic mass is 9.89. The van der Waals surface area contributed by atoms with E-state index in [4.69, 9.17) is 9.47 Å². The van der Waals surface area contributed by atoms with E-state index in [0.717, 1.165) is 32.7 Å². The van der Waals surface area contributed by atoms with Crippen LogP contribution in [-0.4, -0.2) is 61.7 Å². The highest BCUT2D eigenvalue weighted by atomic mass is 16.5. The normalized spacial score (nSPS) is 24.8. The van der Waals surface area contributed by atoms with Crippen LogP contribution in [0.5, 0.6) is 0 Å². The number of aliphatic hydroxyl groups is 1. The summed E-state index contributed by atoms with van der Waals surface area (Å²) in [4.78, 5) is 2.31. The second kappa shape index (κ2) is 5.80. The van der Waals surface area contributed by atoms with Crippen molar-refractivity contribution in [3.8, 4) is 0 Å². The van der Waals surface area contributed by atoms with E-state index in [1.165, 1.54) is 0 Å². The lowest BCUT2D eigenvalue weighted by molar-refractivity contribution is -0.0907. The Morgan fingerprint density at radius 3 is 2.53 bits per heavy atom. The molecule has 15 heavy (non-hydrogen) atoms. The number of nitrogens with zero attached hydrogens (tertiary/aromatic N) is 1. The highest BCUT2D eigenvalue weighted by Crippen LogP contribution is 2.25.